The van der Waals surface area contributed by atoms with Crippen molar-refractivity contribution in [1.29, 1.82) is 0 Å². The maximum Gasteiger partial charge on any atom is 0.287 e. The average Bonchev–Trinajstić information content (AvgIpc) is 2.33. The monoisotopic (exact) mass is 257 g/mol. The van der Waals surface area contributed by atoms with Crippen molar-refractivity contribution in [3.8, 4) is 0 Å². The Hall–Kier alpha value is -1.03. The molecule has 0 saturated heterocycles. The van der Waals surface area contributed by atoms with E-state index in [4.69, 9.17) is 11.6 Å². The molecule has 0 radical (unpaired) electrons. The summed E-state index contributed by atoms with van der Waals surface area (Å²) in [5.74, 6) is 0. The zero-order valence-electron chi connectivity index (χ0n) is 10.5. The van der Waals surface area contributed by atoms with Gasteiger partial charge in [0.05, 0.1) is 11.9 Å². The van der Waals surface area contributed by atoms with Crippen LogP contribution in [-0.2, 0) is 6.54 Å². The summed E-state index contributed by atoms with van der Waals surface area (Å²) < 4.78 is 1.40. The molecule has 0 aliphatic rings. The number of aryl methyl sites for hydroxylation is 1. The highest BCUT2D eigenvalue weighted by Gasteiger charge is 2.07. The second kappa shape index (κ2) is 7.33. The highest BCUT2D eigenvalue weighted by Crippen LogP contribution is 2.15. The van der Waals surface area contributed by atoms with Crippen LogP contribution in [-0.4, -0.2) is 16.3 Å². The quantitative estimate of drug-likeness (QED) is 0.764. The Morgan fingerprint density at radius 3 is 2.76 bits per heavy atom. The fourth-order valence-electron chi connectivity index (χ4n) is 1.56. The van der Waals surface area contributed by atoms with Gasteiger partial charge in [-0.3, -0.25) is 4.79 Å². The number of nitrogens with one attached hydrogen (secondary N) is 1. The minimum atomic E-state index is -0.214. The van der Waals surface area contributed by atoms with Crippen LogP contribution in [0.5, 0.6) is 0 Å². The van der Waals surface area contributed by atoms with E-state index in [-0.39, 0.29) is 10.6 Å². The van der Waals surface area contributed by atoms with Crippen LogP contribution in [0.4, 0.5) is 5.69 Å². The van der Waals surface area contributed by atoms with Crippen molar-refractivity contribution in [2.75, 3.05) is 11.9 Å². The largest absolute Gasteiger partial charge is 0.382 e. The number of anilines is 1. The van der Waals surface area contributed by atoms with Gasteiger partial charge in [-0.2, -0.15) is 5.10 Å². The van der Waals surface area contributed by atoms with Gasteiger partial charge in [-0.15, -0.1) is 0 Å². The van der Waals surface area contributed by atoms with Gasteiger partial charge in [-0.25, -0.2) is 4.68 Å². The van der Waals surface area contributed by atoms with Crippen molar-refractivity contribution in [1.82, 2.24) is 9.78 Å². The molecule has 0 amide bonds. The van der Waals surface area contributed by atoms with E-state index in [9.17, 15) is 4.79 Å². The second-order valence-corrected chi connectivity index (χ2v) is 4.41. The molecule has 1 N–H and O–H groups in total. The Labute approximate surface area is 107 Å². The highest BCUT2D eigenvalue weighted by atomic mass is 35.5. The van der Waals surface area contributed by atoms with Gasteiger partial charge in [0.25, 0.3) is 5.56 Å². The Morgan fingerprint density at radius 2 is 2.12 bits per heavy atom. The summed E-state index contributed by atoms with van der Waals surface area (Å²) >= 11 is 6.01. The number of nitrogens with zero attached hydrogens (tertiary/aromatic N) is 2. The summed E-state index contributed by atoms with van der Waals surface area (Å²) in [4.78, 5) is 11.8. The molecular formula is C12H20ClN3O. The molecule has 1 aromatic heterocycles. The van der Waals surface area contributed by atoms with Crippen molar-refractivity contribution in [2.45, 2.75) is 46.1 Å². The minimum Gasteiger partial charge on any atom is -0.382 e. The van der Waals surface area contributed by atoms with E-state index in [1.165, 1.54) is 17.5 Å². The lowest BCUT2D eigenvalue weighted by Crippen LogP contribution is -2.24. The van der Waals surface area contributed by atoms with E-state index < -0.39 is 0 Å². The molecule has 0 unspecified atom stereocenters. The first-order valence-corrected chi connectivity index (χ1v) is 6.58. The van der Waals surface area contributed by atoms with Crippen LogP contribution in [0.3, 0.4) is 0 Å². The summed E-state index contributed by atoms with van der Waals surface area (Å²) in [7, 11) is 0. The molecule has 1 aromatic rings. The third kappa shape index (κ3) is 4.04. The SMILES string of the molecule is CCCCCNc1cnn(CCC)c(=O)c1Cl. The standard InChI is InChI=1S/C12H20ClN3O/c1-3-5-6-7-14-10-9-15-16(8-4-2)12(17)11(10)13/h9,14H,3-8H2,1-2H3. The first-order valence-electron chi connectivity index (χ1n) is 6.20. The lowest BCUT2D eigenvalue weighted by molar-refractivity contribution is 0.568. The Morgan fingerprint density at radius 1 is 1.35 bits per heavy atom. The van der Waals surface area contributed by atoms with E-state index in [1.807, 2.05) is 6.92 Å². The van der Waals surface area contributed by atoms with Crippen molar-refractivity contribution in [3.63, 3.8) is 0 Å². The highest BCUT2D eigenvalue weighted by molar-refractivity contribution is 6.32. The number of rotatable bonds is 7. The lowest BCUT2D eigenvalue weighted by Gasteiger charge is -2.09. The molecule has 1 heterocycles. The fraction of sp³-hybridized carbons (Fsp3) is 0.667. The van der Waals surface area contributed by atoms with Gasteiger partial charge >= 0.3 is 0 Å². The zero-order chi connectivity index (χ0) is 12.7. The van der Waals surface area contributed by atoms with E-state index in [1.54, 1.807) is 6.20 Å². The van der Waals surface area contributed by atoms with Crippen LogP contribution in [0.1, 0.15) is 39.5 Å². The molecule has 0 bridgehead atoms. The van der Waals surface area contributed by atoms with E-state index in [2.05, 4.69) is 17.3 Å². The van der Waals surface area contributed by atoms with Crippen LogP contribution < -0.4 is 10.9 Å². The number of aromatic nitrogens is 2. The average molecular weight is 258 g/mol. The molecule has 0 atom stereocenters. The van der Waals surface area contributed by atoms with Crippen molar-refractivity contribution in [3.05, 3.63) is 21.6 Å². The second-order valence-electron chi connectivity index (χ2n) is 4.03. The predicted molar refractivity (Wildman–Crippen MR) is 71.8 cm³/mol. The van der Waals surface area contributed by atoms with Crippen molar-refractivity contribution < 1.29 is 0 Å². The maximum atomic E-state index is 11.8. The van der Waals surface area contributed by atoms with Gasteiger partial charge in [0.15, 0.2) is 0 Å². The third-order valence-electron chi connectivity index (χ3n) is 2.52. The number of hydrogen-bond donors (Lipinski definition) is 1. The predicted octanol–water partition coefficient (Wildman–Crippen LogP) is 2.91. The molecule has 0 fully saturated rings. The summed E-state index contributed by atoms with van der Waals surface area (Å²) in [5, 5.41) is 7.48. The van der Waals surface area contributed by atoms with Crippen molar-refractivity contribution >= 4 is 17.3 Å². The molecule has 17 heavy (non-hydrogen) atoms. The van der Waals surface area contributed by atoms with Crippen LogP contribution in [0.2, 0.25) is 5.02 Å². The van der Waals surface area contributed by atoms with Crippen molar-refractivity contribution in [2.24, 2.45) is 0 Å². The summed E-state index contributed by atoms with van der Waals surface area (Å²) in [6.45, 7) is 5.58. The first kappa shape index (κ1) is 14.0. The van der Waals surface area contributed by atoms with Crippen LogP contribution in [0, 0.1) is 0 Å². The maximum absolute atomic E-state index is 11.8. The lowest BCUT2D eigenvalue weighted by atomic mass is 10.2. The van der Waals surface area contributed by atoms with Crippen LogP contribution >= 0.6 is 11.6 Å². The fourth-order valence-corrected chi connectivity index (χ4v) is 1.77. The molecule has 0 aliphatic carbocycles. The normalized spacial score (nSPS) is 10.5. The van der Waals surface area contributed by atoms with E-state index in [0.717, 1.165) is 19.4 Å². The topological polar surface area (TPSA) is 46.9 Å². The zero-order valence-corrected chi connectivity index (χ0v) is 11.3. The van der Waals surface area contributed by atoms with Gasteiger partial charge in [0, 0.05) is 13.1 Å². The van der Waals surface area contributed by atoms with Gasteiger partial charge < -0.3 is 5.32 Å². The van der Waals surface area contributed by atoms with Gasteiger partial charge in [0.2, 0.25) is 0 Å². The molecule has 0 spiro atoms. The Balaban J connectivity index is 2.68. The molecule has 0 aliphatic heterocycles. The molecule has 0 saturated carbocycles. The number of halogens is 1. The molecule has 96 valence electrons. The number of hydrogen-bond acceptors (Lipinski definition) is 3. The molecule has 4 nitrogen and oxygen atoms in total. The summed E-state index contributed by atoms with van der Waals surface area (Å²) in [5.41, 5.74) is 0.425. The van der Waals surface area contributed by atoms with Gasteiger partial charge in [-0.05, 0) is 12.8 Å². The smallest absolute Gasteiger partial charge is 0.287 e. The van der Waals surface area contributed by atoms with Crippen LogP contribution in [0.25, 0.3) is 0 Å². The van der Waals surface area contributed by atoms with E-state index >= 15 is 0 Å². The Bertz CT molecular complexity index is 403. The van der Waals surface area contributed by atoms with Crippen LogP contribution in [0.15, 0.2) is 11.0 Å². The molecule has 1 rings (SSSR count). The minimum absolute atomic E-state index is 0.214. The van der Waals surface area contributed by atoms with Gasteiger partial charge in [-0.1, -0.05) is 38.3 Å². The third-order valence-corrected chi connectivity index (χ3v) is 2.88. The summed E-state index contributed by atoms with van der Waals surface area (Å²) in [6, 6.07) is 0. The molecule has 0 aromatic carbocycles. The number of unbranched alkanes of at least 4 members (excludes halogenated alkanes) is 2. The first-order chi connectivity index (χ1) is 8.20. The molecule has 5 heteroatoms. The molecular weight excluding hydrogens is 238 g/mol. The summed E-state index contributed by atoms with van der Waals surface area (Å²) in [6.07, 6.45) is 5.92. The van der Waals surface area contributed by atoms with Gasteiger partial charge in [0.1, 0.15) is 5.02 Å². The van der Waals surface area contributed by atoms with E-state index in [0.29, 0.717) is 12.2 Å². The Kier molecular flexibility index (Phi) is 6.05.